The van der Waals surface area contributed by atoms with Gasteiger partial charge in [0.25, 0.3) is 0 Å². The number of benzene rings is 1. The molecular formula is C19H22N4O2. The molecule has 2 aromatic heterocycles. The minimum absolute atomic E-state index is 0.0315. The summed E-state index contributed by atoms with van der Waals surface area (Å²) in [5.41, 5.74) is 2.20. The SMILES string of the molecule is Cc1noc([C@@H](NCc2cccc3cccnc23)C2CCOCC2)n1. The standard InChI is InChI=1S/C19H22N4O2/c1-13-22-19(25-23-13)18(15-7-10-24-11-8-15)21-12-16-5-2-4-14-6-3-9-20-17(14)16/h2-6,9,15,18,21H,7-8,10-12H2,1H3/t18-/m0/s1. The van der Waals surface area contributed by atoms with Gasteiger partial charge in [0.2, 0.25) is 5.89 Å². The number of pyridine rings is 1. The van der Waals surface area contributed by atoms with E-state index in [1.807, 2.05) is 19.2 Å². The molecule has 4 rings (SSSR count). The molecule has 3 heterocycles. The van der Waals surface area contributed by atoms with Gasteiger partial charge in [0.05, 0.1) is 11.6 Å². The first-order valence-corrected chi connectivity index (χ1v) is 8.75. The highest BCUT2D eigenvalue weighted by atomic mass is 16.5. The minimum Gasteiger partial charge on any atom is -0.381 e. The van der Waals surface area contributed by atoms with Crippen LogP contribution in [0.4, 0.5) is 0 Å². The summed E-state index contributed by atoms with van der Waals surface area (Å²) in [6, 6.07) is 10.4. The Bertz CT molecular complexity index is 837. The predicted molar refractivity (Wildman–Crippen MR) is 93.9 cm³/mol. The number of nitrogens with one attached hydrogen (secondary N) is 1. The Kier molecular flexibility index (Phi) is 4.72. The van der Waals surface area contributed by atoms with E-state index in [1.54, 1.807) is 0 Å². The van der Waals surface area contributed by atoms with Gasteiger partial charge >= 0.3 is 0 Å². The Balaban J connectivity index is 1.57. The molecule has 1 aliphatic rings. The maximum Gasteiger partial charge on any atom is 0.244 e. The molecule has 1 aromatic carbocycles. The molecule has 1 aliphatic heterocycles. The van der Waals surface area contributed by atoms with Crippen LogP contribution in [0.3, 0.4) is 0 Å². The Morgan fingerprint density at radius 3 is 2.84 bits per heavy atom. The number of aryl methyl sites for hydroxylation is 1. The van der Waals surface area contributed by atoms with E-state index in [-0.39, 0.29) is 6.04 Å². The highest BCUT2D eigenvalue weighted by Gasteiger charge is 2.29. The largest absolute Gasteiger partial charge is 0.381 e. The molecule has 130 valence electrons. The van der Waals surface area contributed by atoms with Gasteiger partial charge in [-0.25, -0.2) is 0 Å². The fraction of sp³-hybridized carbons (Fsp3) is 0.421. The maximum absolute atomic E-state index is 5.51. The molecule has 6 nitrogen and oxygen atoms in total. The lowest BCUT2D eigenvalue weighted by molar-refractivity contribution is 0.0485. The summed E-state index contributed by atoms with van der Waals surface area (Å²) in [5.74, 6) is 1.76. The summed E-state index contributed by atoms with van der Waals surface area (Å²) in [7, 11) is 0. The van der Waals surface area contributed by atoms with E-state index >= 15 is 0 Å². The molecule has 0 radical (unpaired) electrons. The van der Waals surface area contributed by atoms with Crippen molar-refractivity contribution in [3.8, 4) is 0 Å². The molecular weight excluding hydrogens is 316 g/mol. The van der Waals surface area contributed by atoms with E-state index in [0.717, 1.165) is 37.0 Å². The molecule has 1 fully saturated rings. The van der Waals surface area contributed by atoms with Crippen molar-refractivity contribution in [1.82, 2.24) is 20.4 Å². The zero-order valence-corrected chi connectivity index (χ0v) is 14.3. The van der Waals surface area contributed by atoms with Gasteiger partial charge in [-0.2, -0.15) is 4.98 Å². The Labute approximate surface area is 146 Å². The van der Waals surface area contributed by atoms with Gasteiger partial charge in [-0.05, 0) is 37.3 Å². The zero-order chi connectivity index (χ0) is 17.1. The first-order chi connectivity index (χ1) is 12.3. The Morgan fingerprint density at radius 1 is 1.20 bits per heavy atom. The second-order valence-corrected chi connectivity index (χ2v) is 6.48. The van der Waals surface area contributed by atoms with E-state index in [1.165, 1.54) is 5.56 Å². The minimum atomic E-state index is 0.0315. The van der Waals surface area contributed by atoms with Crippen molar-refractivity contribution in [3.05, 3.63) is 53.8 Å². The van der Waals surface area contributed by atoms with Crippen molar-refractivity contribution >= 4 is 10.9 Å². The lowest BCUT2D eigenvalue weighted by Crippen LogP contribution is -2.32. The monoisotopic (exact) mass is 338 g/mol. The van der Waals surface area contributed by atoms with Crippen LogP contribution in [-0.2, 0) is 11.3 Å². The molecule has 0 spiro atoms. The fourth-order valence-electron chi connectivity index (χ4n) is 3.47. The molecule has 0 amide bonds. The summed E-state index contributed by atoms with van der Waals surface area (Å²) in [5, 5.41) is 8.75. The molecule has 0 unspecified atom stereocenters. The predicted octanol–water partition coefficient (Wildman–Crippen LogP) is 3.18. The van der Waals surface area contributed by atoms with Gasteiger partial charge < -0.3 is 14.6 Å². The Hall–Kier alpha value is -2.31. The van der Waals surface area contributed by atoms with E-state index in [4.69, 9.17) is 9.26 Å². The summed E-state index contributed by atoms with van der Waals surface area (Å²) in [6.45, 7) is 4.12. The number of rotatable bonds is 5. The number of fused-ring (bicyclic) bond motifs is 1. The number of nitrogens with zero attached hydrogens (tertiary/aromatic N) is 3. The first kappa shape index (κ1) is 16.2. The average molecular weight is 338 g/mol. The van der Waals surface area contributed by atoms with Crippen molar-refractivity contribution in [3.63, 3.8) is 0 Å². The van der Waals surface area contributed by atoms with Crippen LogP contribution >= 0.6 is 0 Å². The van der Waals surface area contributed by atoms with Gasteiger partial charge in [0.1, 0.15) is 0 Å². The van der Waals surface area contributed by atoms with Crippen LogP contribution in [-0.4, -0.2) is 28.3 Å². The van der Waals surface area contributed by atoms with Crippen molar-refractivity contribution in [1.29, 1.82) is 0 Å². The van der Waals surface area contributed by atoms with Crippen LogP contribution in [0.25, 0.3) is 10.9 Å². The van der Waals surface area contributed by atoms with Gasteiger partial charge in [0.15, 0.2) is 5.82 Å². The molecule has 1 N–H and O–H groups in total. The molecule has 1 saturated heterocycles. The lowest BCUT2D eigenvalue weighted by Gasteiger charge is -2.28. The summed E-state index contributed by atoms with van der Waals surface area (Å²) >= 11 is 0. The number of hydrogen-bond donors (Lipinski definition) is 1. The number of para-hydroxylation sites is 1. The third-order valence-corrected chi connectivity index (χ3v) is 4.78. The van der Waals surface area contributed by atoms with Crippen LogP contribution < -0.4 is 5.32 Å². The van der Waals surface area contributed by atoms with Gasteiger partial charge in [-0.3, -0.25) is 4.98 Å². The molecule has 0 bridgehead atoms. The number of ether oxygens (including phenoxy) is 1. The van der Waals surface area contributed by atoms with Crippen molar-refractivity contribution < 1.29 is 9.26 Å². The molecule has 6 heteroatoms. The first-order valence-electron chi connectivity index (χ1n) is 8.75. The molecule has 1 atom stereocenters. The summed E-state index contributed by atoms with van der Waals surface area (Å²) in [6.07, 6.45) is 3.82. The van der Waals surface area contributed by atoms with Crippen molar-refractivity contribution in [2.75, 3.05) is 13.2 Å². The molecule has 25 heavy (non-hydrogen) atoms. The van der Waals surface area contributed by atoms with Crippen LogP contribution in [0, 0.1) is 12.8 Å². The fourth-order valence-corrected chi connectivity index (χ4v) is 3.47. The molecule has 0 aliphatic carbocycles. The third kappa shape index (κ3) is 3.55. The zero-order valence-electron chi connectivity index (χ0n) is 14.3. The third-order valence-electron chi connectivity index (χ3n) is 4.78. The number of hydrogen-bond acceptors (Lipinski definition) is 6. The van der Waals surface area contributed by atoms with Gasteiger partial charge in [0, 0.05) is 31.3 Å². The summed E-state index contributed by atoms with van der Waals surface area (Å²) in [4.78, 5) is 9.00. The molecule has 0 saturated carbocycles. The van der Waals surface area contributed by atoms with Crippen LogP contribution in [0.2, 0.25) is 0 Å². The van der Waals surface area contributed by atoms with E-state index < -0.39 is 0 Å². The molecule has 3 aromatic rings. The smallest absolute Gasteiger partial charge is 0.244 e. The second kappa shape index (κ2) is 7.29. The highest BCUT2D eigenvalue weighted by Crippen LogP contribution is 2.30. The number of aromatic nitrogens is 3. The van der Waals surface area contributed by atoms with Crippen LogP contribution in [0.5, 0.6) is 0 Å². The van der Waals surface area contributed by atoms with Gasteiger partial charge in [-0.15, -0.1) is 0 Å². The lowest BCUT2D eigenvalue weighted by atomic mass is 9.91. The van der Waals surface area contributed by atoms with E-state index in [9.17, 15) is 0 Å². The van der Waals surface area contributed by atoms with E-state index in [2.05, 4.69) is 44.7 Å². The summed E-state index contributed by atoms with van der Waals surface area (Å²) < 4.78 is 11.0. The van der Waals surface area contributed by atoms with Crippen LogP contribution in [0.15, 0.2) is 41.1 Å². The maximum atomic E-state index is 5.51. The normalized spacial score (nSPS) is 17.0. The van der Waals surface area contributed by atoms with Crippen LogP contribution in [0.1, 0.15) is 36.2 Å². The average Bonchev–Trinajstić information content (AvgIpc) is 3.09. The quantitative estimate of drug-likeness (QED) is 0.770. The van der Waals surface area contributed by atoms with Crippen molar-refractivity contribution in [2.24, 2.45) is 5.92 Å². The Morgan fingerprint density at radius 2 is 2.04 bits per heavy atom. The highest BCUT2D eigenvalue weighted by molar-refractivity contribution is 5.81. The van der Waals surface area contributed by atoms with Gasteiger partial charge in [-0.1, -0.05) is 29.4 Å². The topological polar surface area (TPSA) is 73.1 Å². The second-order valence-electron chi connectivity index (χ2n) is 6.48. The van der Waals surface area contributed by atoms with E-state index in [0.29, 0.717) is 24.2 Å². The van der Waals surface area contributed by atoms with Crippen molar-refractivity contribution in [2.45, 2.75) is 32.4 Å².